The van der Waals surface area contributed by atoms with Crippen LogP contribution in [0.25, 0.3) is 0 Å². The Hall–Kier alpha value is -1.17. The van der Waals surface area contributed by atoms with Gasteiger partial charge in [-0.05, 0) is 32.6 Å². The fourth-order valence-corrected chi connectivity index (χ4v) is 1.70. The summed E-state index contributed by atoms with van der Waals surface area (Å²) >= 11 is 0. The van der Waals surface area contributed by atoms with Crippen molar-refractivity contribution in [2.75, 3.05) is 13.2 Å². The van der Waals surface area contributed by atoms with Crippen molar-refractivity contribution in [2.45, 2.75) is 57.7 Å². The summed E-state index contributed by atoms with van der Waals surface area (Å²) in [6.07, 6.45) is 9.41. The van der Waals surface area contributed by atoms with Crippen LogP contribution >= 0.6 is 0 Å². The molecule has 5 nitrogen and oxygen atoms in total. The molecule has 21 heavy (non-hydrogen) atoms. The molecule has 0 amide bonds. The lowest BCUT2D eigenvalue weighted by Gasteiger charge is -2.05. The Morgan fingerprint density at radius 1 is 1.10 bits per heavy atom. The minimum absolute atomic E-state index is 0.0905. The first-order valence-corrected chi connectivity index (χ1v) is 7.55. The van der Waals surface area contributed by atoms with Crippen molar-refractivity contribution in [1.29, 1.82) is 0 Å². The van der Waals surface area contributed by atoms with E-state index < -0.39 is 18.2 Å². The molecule has 3 N–H and O–H groups in total. The van der Waals surface area contributed by atoms with E-state index in [1.165, 1.54) is 0 Å². The van der Waals surface area contributed by atoms with Gasteiger partial charge >= 0.3 is 5.97 Å². The largest absolute Gasteiger partial charge is 0.481 e. The van der Waals surface area contributed by atoms with E-state index in [0.29, 0.717) is 32.5 Å². The highest BCUT2D eigenvalue weighted by atomic mass is 16.5. The van der Waals surface area contributed by atoms with Gasteiger partial charge in [0, 0.05) is 26.1 Å². The van der Waals surface area contributed by atoms with Gasteiger partial charge in [0.15, 0.2) is 0 Å². The summed E-state index contributed by atoms with van der Waals surface area (Å²) in [5.41, 5.74) is 0. The highest BCUT2D eigenvalue weighted by molar-refractivity contribution is 5.66. The van der Waals surface area contributed by atoms with E-state index in [1.807, 2.05) is 19.1 Å². The maximum absolute atomic E-state index is 10.3. The van der Waals surface area contributed by atoms with E-state index in [-0.39, 0.29) is 6.42 Å². The first-order chi connectivity index (χ1) is 10.1. The number of carbonyl (C=O) groups is 1. The summed E-state index contributed by atoms with van der Waals surface area (Å²) in [6, 6.07) is 0. The molecular weight excluding hydrogens is 272 g/mol. The fourth-order valence-electron chi connectivity index (χ4n) is 1.70. The molecule has 0 saturated heterocycles. The summed E-state index contributed by atoms with van der Waals surface area (Å²) in [5, 5.41) is 27.6. The minimum atomic E-state index is -0.834. The quantitative estimate of drug-likeness (QED) is 0.359. The monoisotopic (exact) mass is 300 g/mol. The molecular formula is C16H28O5. The number of hydrogen-bond donors (Lipinski definition) is 3. The van der Waals surface area contributed by atoms with Gasteiger partial charge in [-0.3, -0.25) is 4.79 Å². The van der Waals surface area contributed by atoms with Gasteiger partial charge in [-0.25, -0.2) is 0 Å². The maximum Gasteiger partial charge on any atom is 0.303 e. The van der Waals surface area contributed by atoms with Crippen LogP contribution in [-0.4, -0.2) is 46.7 Å². The third-order valence-electron chi connectivity index (χ3n) is 2.87. The molecule has 2 atom stereocenters. The Morgan fingerprint density at radius 3 is 2.19 bits per heavy atom. The van der Waals surface area contributed by atoms with E-state index in [0.717, 1.165) is 12.8 Å². The minimum Gasteiger partial charge on any atom is -0.481 e. The summed E-state index contributed by atoms with van der Waals surface area (Å²) < 4.78 is 5.15. The number of hydrogen-bond acceptors (Lipinski definition) is 4. The molecule has 5 heteroatoms. The number of carboxylic acid groups (broad SMARTS) is 1. The van der Waals surface area contributed by atoms with Crippen LogP contribution in [-0.2, 0) is 9.53 Å². The van der Waals surface area contributed by atoms with Crippen LogP contribution in [0.5, 0.6) is 0 Å². The topological polar surface area (TPSA) is 87.0 Å². The second kappa shape index (κ2) is 13.8. The molecule has 0 aromatic carbocycles. The standard InChI is InChI=1S/C16H28O5/c1-2-21-13-12-15(18)9-6-4-3-5-8-14(17)10-7-11-16(19)20/h5-6,8-9,14-15,17-18H,2-4,7,10-13H2,1H3,(H,19,20)/b8-5-,9-6?. The summed E-state index contributed by atoms with van der Waals surface area (Å²) in [7, 11) is 0. The molecule has 0 fully saturated rings. The van der Waals surface area contributed by atoms with Gasteiger partial charge in [0.05, 0.1) is 12.2 Å². The number of aliphatic carboxylic acids is 1. The zero-order valence-corrected chi connectivity index (χ0v) is 12.8. The third kappa shape index (κ3) is 15.0. The Kier molecular flexibility index (Phi) is 13.0. The van der Waals surface area contributed by atoms with E-state index >= 15 is 0 Å². The number of carboxylic acids is 1. The second-order valence-electron chi connectivity index (χ2n) is 4.84. The number of allylic oxidation sites excluding steroid dienone is 2. The molecule has 0 spiro atoms. The summed E-state index contributed by atoms with van der Waals surface area (Å²) in [6.45, 7) is 3.14. The van der Waals surface area contributed by atoms with Crippen LogP contribution in [0, 0.1) is 0 Å². The molecule has 0 aliphatic rings. The molecule has 0 rings (SSSR count). The van der Waals surface area contributed by atoms with E-state index in [2.05, 4.69) is 0 Å². The van der Waals surface area contributed by atoms with Crippen LogP contribution in [0.1, 0.15) is 45.4 Å². The second-order valence-corrected chi connectivity index (χ2v) is 4.84. The van der Waals surface area contributed by atoms with E-state index in [4.69, 9.17) is 9.84 Å². The number of rotatable bonds is 13. The van der Waals surface area contributed by atoms with Crippen LogP contribution in [0.3, 0.4) is 0 Å². The van der Waals surface area contributed by atoms with Crippen molar-refractivity contribution in [3.05, 3.63) is 24.3 Å². The molecule has 0 bridgehead atoms. The zero-order chi connectivity index (χ0) is 15.9. The van der Waals surface area contributed by atoms with E-state index in [9.17, 15) is 15.0 Å². The molecule has 2 unspecified atom stereocenters. The molecule has 0 aliphatic heterocycles. The first kappa shape index (κ1) is 19.8. The SMILES string of the molecule is CCOCCC(O)C=CCC/C=C\C(O)CCCC(=O)O. The van der Waals surface area contributed by atoms with Gasteiger partial charge in [-0.2, -0.15) is 0 Å². The van der Waals surface area contributed by atoms with Crippen LogP contribution in [0.2, 0.25) is 0 Å². The number of ether oxygens (including phenoxy) is 1. The lowest BCUT2D eigenvalue weighted by atomic mass is 10.1. The summed E-state index contributed by atoms with van der Waals surface area (Å²) in [5.74, 6) is -0.834. The number of aliphatic hydroxyl groups is 2. The average molecular weight is 300 g/mol. The molecule has 0 saturated carbocycles. The van der Waals surface area contributed by atoms with Crippen molar-refractivity contribution < 1.29 is 24.9 Å². The molecule has 122 valence electrons. The number of aliphatic hydroxyl groups excluding tert-OH is 2. The van der Waals surface area contributed by atoms with Gasteiger partial charge in [-0.1, -0.05) is 24.3 Å². The molecule has 0 aromatic rings. The third-order valence-corrected chi connectivity index (χ3v) is 2.87. The predicted molar refractivity (Wildman–Crippen MR) is 82.1 cm³/mol. The Morgan fingerprint density at radius 2 is 1.67 bits per heavy atom. The zero-order valence-electron chi connectivity index (χ0n) is 12.8. The van der Waals surface area contributed by atoms with Crippen LogP contribution in [0.15, 0.2) is 24.3 Å². The molecule has 0 radical (unpaired) electrons. The van der Waals surface area contributed by atoms with Crippen LogP contribution in [0.4, 0.5) is 0 Å². The van der Waals surface area contributed by atoms with Gasteiger partial charge in [0.1, 0.15) is 0 Å². The van der Waals surface area contributed by atoms with Crippen molar-refractivity contribution in [2.24, 2.45) is 0 Å². The number of unbranched alkanes of at least 4 members (excludes halogenated alkanes) is 1. The van der Waals surface area contributed by atoms with Crippen molar-refractivity contribution >= 4 is 5.97 Å². The highest BCUT2D eigenvalue weighted by Gasteiger charge is 2.01. The maximum atomic E-state index is 10.3. The van der Waals surface area contributed by atoms with Crippen molar-refractivity contribution in [3.8, 4) is 0 Å². The van der Waals surface area contributed by atoms with Gasteiger partial charge in [0.25, 0.3) is 0 Å². The van der Waals surface area contributed by atoms with Crippen molar-refractivity contribution in [1.82, 2.24) is 0 Å². The molecule has 0 aromatic heterocycles. The molecule has 0 aliphatic carbocycles. The Balaban J connectivity index is 3.59. The van der Waals surface area contributed by atoms with Gasteiger partial charge in [0.2, 0.25) is 0 Å². The van der Waals surface area contributed by atoms with Crippen LogP contribution < -0.4 is 0 Å². The van der Waals surface area contributed by atoms with Gasteiger partial charge < -0.3 is 20.1 Å². The first-order valence-electron chi connectivity index (χ1n) is 7.55. The Labute approximate surface area is 126 Å². The average Bonchev–Trinajstić information content (AvgIpc) is 2.42. The Bertz CT molecular complexity index is 312. The van der Waals surface area contributed by atoms with Gasteiger partial charge in [-0.15, -0.1) is 0 Å². The molecule has 0 heterocycles. The lowest BCUT2D eigenvalue weighted by Crippen LogP contribution is -2.07. The fraction of sp³-hybridized carbons (Fsp3) is 0.688. The predicted octanol–water partition coefficient (Wildman–Crippen LogP) is 2.28. The van der Waals surface area contributed by atoms with Crippen molar-refractivity contribution in [3.63, 3.8) is 0 Å². The normalized spacial score (nSPS) is 14.8. The summed E-state index contributed by atoms with van der Waals surface area (Å²) in [4.78, 5) is 10.3. The lowest BCUT2D eigenvalue weighted by molar-refractivity contribution is -0.137. The van der Waals surface area contributed by atoms with E-state index in [1.54, 1.807) is 12.2 Å². The smallest absolute Gasteiger partial charge is 0.303 e. The highest BCUT2D eigenvalue weighted by Crippen LogP contribution is 2.04.